The number of carboxylic acid groups (broad SMARTS) is 1. The summed E-state index contributed by atoms with van der Waals surface area (Å²) in [5, 5.41) is 21.5. The van der Waals surface area contributed by atoms with Gasteiger partial charge in [0.25, 0.3) is 5.91 Å². The molecule has 0 aliphatic carbocycles. The summed E-state index contributed by atoms with van der Waals surface area (Å²) in [5.41, 5.74) is -2.93. The first-order valence-corrected chi connectivity index (χ1v) is 36.8. The lowest BCUT2D eigenvalue weighted by molar-refractivity contribution is -0.221. The van der Waals surface area contributed by atoms with Crippen LogP contribution in [0.4, 0.5) is 64.2 Å². The number of benzene rings is 3. The molecule has 3 fully saturated rings. The van der Waals surface area contributed by atoms with Crippen molar-refractivity contribution in [2.45, 2.75) is 166 Å². The first-order chi connectivity index (χ1) is 54.1. The lowest BCUT2D eigenvalue weighted by atomic mass is 9.77. The molecule has 3 saturated heterocycles. The number of halogens is 10. The fourth-order valence-corrected chi connectivity index (χ4v) is 13.6. The number of aryl methyl sites for hydroxylation is 1. The number of nitrogens with zero attached hydrogens (tertiary/aromatic N) is 7. The van der Waals surface area contributed by atoms with E-state index in [1.165, 1.54) is 63.5 Å². The van der Waals surface area contributed by atoms with Gasteiger partial charge in [0.05, 0.1) is 87.4 Å². The third-order valence-electron chi connectivity index (χ3n) is 19.5. The van der Waals surface area contributed by atoms with Crippen molar-refractivity contribution in [2.24, 2.45) is 16.6 Å². The van der Waals surface area contributed by atoms with Gasteiger partial charge in [0.15, 0.2) is 0 Å². The monoisotopic (exact) mass is 1670 g/mol. The van der Waals surface area contributed by atoms with E-state index in [0.29, 0.717) is 95.8 Å². The molecule has 10 N–H and O–H groups in total. The van der Waals surface area contributed by atoms with Crippen LogP contribution in [0.2, 0.25) is 0 Å². The number of aromatic nitrogens is 4. The molecule has 44 heteroatoms. The number of hydrazine groups is 1. The van der Waals surface area contributed by atoms with Gasteiger partial charge in [-0.25, -0.2) is 52.2 Å². The largest absolute Gasteiger partial charge is 0.524 e. The van der Waals surface area contributed by atoms with Crippen LogP contribution in [-0.2, 0) is 86.6 Å². The van der Waals surface area contributed by atoms with E-state index in [-0.39, 0.29) is 44.6 Å². The highest BCUT2D eigenvalue weighted by Crippen LogP contribution is 2.47. The van der Waals surface area contributed by atoms with Gasteiger partial charge in [-0.05, 0) is 107 Å². The second-order valence-corrected chi connectivity index (χ2v) is 30.4. The number of primary amides is 1. The van der Waals surface area contributed by atoms with Crippen molar-refractivity contribution in [1.82, 2.24) is 56.4 Å². The van der Waals surface area contributed by atoms with E-state index >= 15 is 35.1 Å². The van der Waals surface area contributed by atoms with Crippen LogP contribution < -0.4 is 41.9 Å². The Morgan fingerprint density at radius 1 is 0.759 bits per heavy atom. The molecular weight excluding hydrogens is 1590 g/mol. The molecule has 632 valence electrons. The van der Waals surface area contributed by atoms with E-state index in [4.69, 9.17) is 29.2 Å². The summed E-state index contributed by atoms with van der Waals surface area (Å²) in [6, 6.07) is 1.28. The molecule has 5 heterocycles. The number of nitrogens with two attached hydrogens (primary N) is 1. The number of piperazine rings is 1. The second kappa shape index (κ2) is 37.3. The number of rotatable bonds is 33. The molecular formula is C72H84F10N13O20P. The van der Waals surface area contributed by atoms with E-state index in [9.17, 15) is 71.4 Å². The number of phosphoric acid groups is 1. The molecule has 3 aromatic carbocycles. The SMILES string of the molecule is COC(=O)N[C@H](C(=O)N[C@@H](Cc1ccc(C#Cc2cnc(N3CC4CCC(C3)N4C3COC3)nc2)cc1)[C@H](CN(Cc1c(F)cc(-c2ccn(C(F)F)n2)cc1F)NC(=O)[C@@H](NC(=O)OC)C(C)(C)C(F)(F)F)OC(=O)OCOC(=O)CC(C)(C)c1c(CC(=O)NC(CC(N)=O)C(=O)O)cc(C)cc1OP(=O)(O)O)C(C)(C)C(F)(F)F. The number of carbonyl (C=O) groups excluding carboxylic acids is 8. The molecule has 5 aromatic rings. The zero-order chi connectivity index (χ0) is 85.9. The topological polar surface area (TPSA) is 435 Å². The normalized spacial score (nSPS) is 16.7. The highest BCUT2D eigenvalue weighted by molar-refractivity contribution is 7.46. The number of carbonyl (C=O) groups is 9. The zero-order valence-electron chi connectivity index (χ0n) is 63.5. The Labute approximate surface area is 655 Å². The Morgan fingerprint density at radius 3 is 1.84 bits per heavy atom. The lowest BCUT2D eigenvalue weighted by Gasteiger charge is -2.47. The molecule has 3 aliphatic heterocycles. The van der Waals surface area contributed by atoms with Gasteiger partial charge in [-0.2, -0.15) is 40.2 Å². The number of phosphoric ester groups is 1. The van der Waals surface area contributed by atoms with Crippen LogP contribution in [0.1, 0.15) is 113 Å². The van der Waals surface area contributed by atoms with Crippen molar-refractivity contribution in [3.8, 4) is 28.8 Å². The summed E-state index contributed by atoms with van der Waals surface area (Å²) in [4.78, 5) is 154. The van der Waals surface area contributed by atoms with E-state index in [1.807, 2.05) is 5.43 Å². The third-order valence-corrected chi connectivity index (χ3v) is 19.9. The predicted octanol–water partition coefficient (Wildman–Crippen LogP) is 6.81. The van der Waals surface area contributed by atoms with Gasteiger partial charge in [0.1, 0.15) is 41.6 Å². The van der Waals surface area contributed by atoms with Gasteiger partial charge in [-0.3, -0.25) is 44.1 Å². The number of hydrogen-bond donors (Lipinski definition) is 9. The van der Waals surface area contributed by atoms with Gasteiger partial charge >= 0.3 is 57.0 Å². The molecule has 3 aliphatic rings. The predicted molar refractivity (Wildman–Crippen MR) is 382 cm³/mol. The number of fused-ring (bicyclic) bond motifs is 2. The number of hydrogen-bond acceptors (Lipinski definition) is 23. The number of esters is 1. The molecule has 8 rings (SSSR count). The number of methoxy groups -OCH3 is 2. The van der Waals surface area contributed by atoms with E-state index in [2.05, 4.69) is 56.8 Å². The van der Waals surface area contributed by atoms with E-state index in [0.717, 1.165) is 38.3 Å². The molecule has 0 saturated carbocycles. The van der Waals surface area contributed by atoms with Gasteiger partial charge in [0, 0.05) is 78.0 Å². The van der Waals surface area contributed by atoms with E-state index in [1.54, 1.807) is 10.6 Å². The Bertz CT molecular complexity index is 4520. The quantitative estimate of drug-likeness (QED) is 0.00396. The number of nitrogens with one attached hydrogen (secondary N) is 5. The zero-order valence-corrected chi connectivity index (χ0v) is 64.4. The van der Waals surface area contributed by atoms with Gasteiger partial charge in [-0.1, -0.05) is 43.9 Å². The van der Waals surface area contributed by atoms with Crippen molar-refractivity contribution in [1.29, 1.82) is 0 Å². The molecule has 2 bridgehead atoms. The molecule has 3 unspecified atom stereocenters. The number of anilines is 1. The molecule has 2 aromatic heterocycles. The van der Waals surface area contributed by atoms with Crippen molar-refractivity contribution in [3.63, 3.8) is 0 Å². The van der Waals surface area contributed by atoms with E-state index < -0.39 is 207 Å². The van der Waals surface area contributed by atoms with Gasteiger partial charge in [0.2, 0.25) is 30.5 Å². The number of ether oxygens (including phenoxy) is 6. The summed E-state index contributed by atoms with van der Waals surface area (Å²) < 4.78 is 200. The summed E-state index contributed by atoms with van der Waals surface area (Å²) in [6.07, 6.45) is -16.2. The van der Waals surface area contributed by atoms with Gasteiger partial charge in [-0.15, -0.1) is 0 Å². The molecule has 0 radical (unpaired) electrons. The Morgan fingerprint density at radius 2 is 1.33 bits per heavy atom. The molecule has 116 heavy (non-hydrogen) atoms. The number of amides is 6. The smallest absolute Gasteiger partial charge is 0.480 e. The average molecular weight is 1670 g/mol. The summed E-state index contributed by atoms with van der Waals surface area (Å²) in [7, 11) is -4.08. The summed E-state index contributed by atoms with van der Waals surface area (Å²) in [5.74, 6) is -6.42. The van der Waals surface area contributed by atoms with Crippen molar-refractivity contribution in [2.75, 3.05) is 58.8 Å². The van der Waals surface area contributed by atoms with Crippen LogP contribution in [0.25, 0.3) is 11.3 Å². The van der Waals surface area contributed by atoms with Crippen molar-refractivity contribution < 1.29 is 139 Å². The van der Waals surface area contributed by atoms with Crippen LogP contribution in [-0.4, -0.2) is 213 Å². The van der Waals surface area contributed by atoms with Gasteiger partial charge < -0.3 is 70.0 Å². The molecule has 6 amide bonds. The molecule has 7 atom stereocenters. The van der Waals surface area contributed by atoms with Crippen LogP contribution in [0.3, 0.4) is 0 Å². The second-order valence-electron chi connectivity index (χ2n) is 29.2. The highest BCUT2D eigenvalue weighted by atomic mass is 31.2. The first kappa shape index (κ1) is 90.6. The Balaban J connectivity index is 1.19. The fourth-order valence-electron chi connectivity index (χ4n) is 13.2. The number of alkyl carbamates (subject to hydrolysis) is 2. The Hall–Kier alpha value is -10.9. The van der Waals surface area contributed by atoms with Crippen LogP contribution in [0.5, 0.6) is 5.75 Å². The summed E-state index contributed by atoms with van der Waals surface area (Å²) >= 11 is 0. The fraction of sp³-hybridized carbons (Fsp3) is 0.500. The maximum Gasteiger partial charge on any atom is 0.524 e. The molecule has 33 nitrogen and oxygen atoms in total. The third kappa shape index (κ3) is 23.4. The highest BCUT2D eigenvalue weighted by Gasteiger charge is 2.58. The first-order valence-electron chi connectivity index (χ1n) is 35.3. The van der Waals surface area contributed by atoms with Crippen molar-refractivity contribution >= 4 is 67.7 Å². The number of carboxylic acids is 1. The standard InChI is InChI=1S/C72H84F10N13O20P/c1-37-20-42(25-55(97)86-51(62(101)102)26-54(83)96)57(52(21-37)115-116(106,107)108)68(2,3)27-56(98)112-36-113-67(105)114-53(33-93(91-61(100)59(89-66(104)110-9)70(6,7)72(80,81)82)32-46-47(73)23-41(24-48(46)74)49-18-19-94(90-49)63(75)76)50(87-60(99)58(88-65(103)109-8)69(4,5)71(77,78)79)22-39-13-10-38(11-14-39)12-15-40-28-84-64(85-29-40)92-30-43-16-17-44(31-92)95(43)45-34-111-35-45/h10-11,13-14,18-21,23-24,28-29,43-45,50-51,53,58-59,63H,16-17,22,25-27,30-36H2,1-9H3,(H2,83,96)(H,86,97)(H,87,99)(H,88,103)(H,89,104)(H,91,100)(H,101,102)(H2,106,107,108)/t43?,44?,50-,51?,53-,58+,59+/m0/s1. The van der Waals surface area contributed by atoms with Crippen LogP contribution >= 0.6 is 7.82 Å². The molecule has 0 spiro atoms. The van der Waals surface area contributed by atoms with Crippen LogP contribution in [0.15, 0.2) is 73.2 Å². The Kier molecular flexibility index (Phi) is 29.2. The lowest BCUT2D eigenvalue weighted by Crippen LogP contribution is -2.64. The number of alkyl halides is 8. The summed E-state index contributed by atoms with van der Waals surface area (Å²) in [6.45, 7) is 0.850. The minimum Gasteiger partial charge on any atom is -0.480 e. The maximum atomic E-state index is 16.8. The maximum absolute atomic E-state index is 16.8. The minimum absolute atomic E-state index is 0.0320. The minimum atomic E-state index is -5.51. The van der Waals surface area contributed by atoms with Crippen LogP contribution in [0, 0.1) is 41.2 Å². The average Bonchev–Trinajstić information content (AvgIpc) is 1.34. The number of aliphatic carboxylic acids is 1. The van der Waals surface area contributed by atoms with Crippen molar-refractivity contribution in [3.05, 3.63) is 124 Å².